The average Bonchev–Trinajstić information content (AvgIpc) is 3.08. The normalized spacial score (nSPS) is 11.3. The zero-order valence-corrected chi connectivity index (χ0v) is 11.4. The van der Waals surface area contributed by atoms with Gasteiger partial charge in [0.15, 0.2) is 0 Å². The number of hydrogen-bond donors (Lipinski definition) is 3. The molecular weight excluding hydrogens is 283 g/mol. The quantitative estimate of drug-likeness (QED) is 0.493. The van der Waals surface area contributed by atoms with Gasteiger partial charge < -0.3 is 15.1 Å². The van der Waals surface area contributed by atoms with Gasteiger partial charge in [-0.15, -0.1) is 0 Å². The molecule has 2 aromatic heterocycles. The third-order valence-corrected chi connectivity index (χ3v) is 3.68. The van der Waals surface area contributed by atoms with Crippen LogP contribution in [0.1, 0.15) is 16.2 Å². The first kappa shape index (κ1) is 12.6. The summed E-state index contributed by atoms with van der Waals surface area (Å²) in [5.41, 5.74) is 2.14. The molecule has 5 heteroatoms. The fourth-order valence-electron chi connectivity index (χ4n) is 2.61. The van der Waals surface area contributed by atoms with Crippen molar-refractivity contribution in [1.82, 2.24) is 9.97 Å². The summed E-state index contributed by atoms with van der Waals surface area (Å²) in [7, 11) is 0. The number of hydrogen-bond acceptors (Lipinski definition) is 2. The number of fused-ring (bicyclic) bond motifs is 2. The van der Waals surface area contributed by atoms with Gasteiger partial charge in [-0.25, -0.2) is 4.39 Å². The first-order chi connectivity index (χ1) is 10.6. The molecular formula is C17H11FN2O2. The summed E-state index contributed by atoms with van der Waals surface area (Å²) in [5.74, 6) is -0.423. The molecule has 4 nitrogen and oxygen atoms in total. The summed E-state index contributed by atoms with van der Waals surface area (Å²) < 4.78 is 13.2. The maximum atomic E-state index is 13.2. The molecule has 22 heavy (non-hydrogen) atoms. The van der Waals surface area contributed by atoms with Gasteiger partial charge in [0, 0.05) is 21.8 Å². The van der Waals surface area contributed by atoms with Gasteiger partial charge in [-0.1, -0.05) is 0 Å². The number of rotatable bonds is 2. The topological polar surface area (TPSA) is 68.9 Å². The standard InChI is InChI=1S/C17H11FN2O2/c18-11-2-1-9-6-15(20-14(9)8-11)17(22)16-7-10-5-12(21)3-4-13(10)19-16/h1-8,19-21H. The Morgan fingerprint density at radius 1 is 0.864 bits per heavy atom. The van der Waals surface area contributed by atoms with E-state index in [0.29, 0.717) is 16.9 Å². The van der Waals surface area contributed by atoms with Crippen molar-refractivity contribution in [2.24, 2.45) is 0 Å². The van der Waals surface area contributed by atoms with Crippen LogP contribution in [0, 0.1) is 5.82 Å². The lowest BCUT2D eigenvalue weighted by atomic mass is 10.2. The van der Waals surface area contributed by atoms with E-state index in [1.165, 1.54) is 12.1 Å². The van der Waals surface area contributed by atoms with Gasteiger partial charge >= 0.3 is 0 Å². The van der Waals surface area contributed by atoms with Crippen LogP contribution in [0.3, 0.4) is 0 Å². The van der Waals surface area contributed by atoms with E-state index >= 15 is 0 Å². The molecule has 0 spiro atoms. The number of carbonyl (C=O) groups excluding carboxylic acids is 1. The van der Waals surface area contributed by atoms with Crippen molar-refractivity contribution in [2.75, 3.05) is 0 Å². The molecule has 2 heterocycles. The molecule has 0 saturated carbocycles. The lowest BCUT2D eigenvalue weighted by molar-refractivity contribution is 0.103. The highest BCUT2D eigenvalue weighted by molar-refractivity contribution is 6.11. The summed E-state index contributed by atoms with van der Waals surface area (Å²) in [6, 6.07) is 12.6. The van der Waals surface area contributed by atoms with Crippen LogP contribution in [-0.4, -0.2) is 20.9 Å². The van der Waals surface area contributed by atoms with Crippen LogP contribution in [0.4, 0.5) is 4.39 Å². The number of ketones is 1. The van der Waals surface area contributed by atoms with Crippen molar-refractivity contribution in [2.45, 2.75) is 0 Å². The molecule has 3 N–H and O–H groups in total. The highest BCUT2D eigenvalue weighted by atomic mass is 19.1. The van der Waals surface area contributed by atoms with Gasteiger partial charge in [-0.3, -0.25) is 4.79 Å². The molecule has 0 fully saturated rings. The van der Waals surface area contributed by atoms with Crippen molar-refractivity contribution in [3.8, 4) is 5.75 Å². The lowest BCUT2D eigenvalue weighted by Gasteiger charge is -1.93. The van der Waals surface area contributed by atoms with Gasteiger partial charge in [0.25, 0.3) is 0 Å². The first-order valence-electron chi connectivity index (χ1n) is 6.75. The van der Waals surface area contributed by atoms with Crippen LogP contribution >= 0.6 is 0 Å². The lowest BCUT2D eigenvalue weighted by Crippen LogP contribution is -2.01. The number of H-pyrrole nitrogens is 2. The first-order valence-corrected chi connectivity index (χ1v) is 6.75. The van der Waals surface area contributed by atoms with Gasteiger partial charge in [-0.2, -0.15) is 0 Å². The summed E-state index contributed by atoms with van der Waals surface area (Å²) in [6.07, 6.45) is 0. The Morgan fingerprint density at radius 3 is 2.41 bits per heavy atom. The summed E-state index contributed by atoms with van der Waals surface area (Å²) in [5, 5.41) is 11.0. The van der Waals surface area contributed by atoms with Crippen LogP contribution in [0.5, 0.6) is 5.75 Å². The van der Waals surface area contributed by atoms with E-state index in [9.17, 15) is 14.3 Å². The van der Waals surface area contributed by atoms with E-state index in [0.717, 1.165) is 16.3 Å². The van der Waals surface area contributed by atoms with Crippen LogP contribution < -0.4 is 0 Å². The molecule has 0 aliphatic rings. The van der Waals surface area contributed by atoms with Crippen molar-refractivity contribution < 1.29 is 14.3 Å². The molecule has 0 aliphatic carbocycles. The maximum Gasteiger partial charge on any atom is 0.225 e. The van der Waals surface area contributed by atoms with Crippen molar-refractivity contribution >= 4 is 27.6 Å². The summed E-state index contributed by atoms with van der Waals surface area (Å²) in [6.45, 7) is 0. The molecule has 0 bridgehead atoms. The van der Waals surface area contributed by atoms with E-state index in [4.69, 9.17) is 0 Å². The molecule has 0 amide bonds. The van der Waals surface area contributed by atoms with E-state index in [1.54, 1.807) is 36.4 Å². The number of phenolic OH excluding ortho intramolecular Hbond substituents is 1. The second kappa shape index (κ2) is 4.46. The number of halogens is 1. The smallest absolute Gasteiger partial charge is 0.225 e. The van der Waals surface area contributed by atoms with E-state index in [-0.39, 0.29) is 17.3 Å². The number of aromatic nitrogens is 2. The minimum Gasteiger partial charge on any atom is -0.508 e. The molecule has 4 rings (SSSR count). The third kappa shape index (κ3) is 1.95. The highest BCUT2D eigenvalue weighted by Crippen LogP contribution is 2.23. The van der Waals surface area contributed by atoms with Crippen LogP contribution in [-0.2, 0) is 0 Å². The Morgan fingerprint density at radius 2 is 1.59 bits per heavy atom. The van der Waals surface area contributed by atoms with E-state index in [2.05, 4.69) is 9.97 Å². The molecule has 0 unspecified atom stereocenters. The van der Waals surface area contributed by atoms with Crippen molar-refractivity contribution in [1.29, 1.82) is 0 Å². The Labute approximate surface area is 124 Å². The summed E-state index contributed by atoms with van der Waals surface area (Å²) in [4.78, 5) is 18.5. The van der Waals surface area contributed by atoms with Gasteiger partial charge in [0.05, 0.1) is 11.4 Å². The number of aromatic hydroxyl groups is 1. The fourth-order valence-corrected chi connectivity index (χ4v) is 2.61. The second-order valence-electron chi connectivity index (χ2n) is 5.20. The number of carbonyl (C=O) groups is 1. The molecule has 0 aliphatic heterocycles. The molecule has 4 aromatic rings. The largest absolute Gasteiger partial charge is 0.508 e. The molecule has 0 saturated heterocycles. The Balaban J connectivity index is 1.80. The van der Waals surface area contributed by atoms with Gasteiger partial charge in [0.1, 0.15) is 11.6 Å². The van der Waals surface area contributed by atoms with Crippen molar-refractivity contribution in [3.63, 3.8) is 0 Å². The molecule has 0 atom stereocenters. The van der Waals surface area contributed by atoms with E-state index in [1.807, 2.05) is 0 Å². The zero-order chi connectivity index (χ0) is 15.3. The third-order valence-electron chi connectivity index (χ3n) is 3.68. The average molecular weight is 294 g/mol. The predicted molar refractivity (Wildman–Crippen MR) is 81.7 cm³/mol. The minimum absolute atomic E-state index is 0.145. The Hall–Kier alpha value is -3.08. The maximum absolute atomic E-state index is 13.2. The predicted octanol–water partition coefficient (Wildman–Crippen LogP) is 3.72. The van der Waals surface area contributed by atoms with Gasteiger partial charge in [-0.05, 0) is 48.5 Å². The van der Waals surface area contributed by atoms with E-state index < -0.39 is 0 Å². The fraction of sp³-hybridized carbons (Fsp3) is 0. The SMILES string of the molecule is O=C(c1cc2cc(O)ccc2[nH]1)c1cc2ccc(F)cc2[nH]1. The van der Waals surface area contributed by atoms with Crippen LogP contribution in [0.25, 0.3) is 21.8 Å². The second-order valence-corrected chi connectivity index (χ2v) is 5.20. The number of phenols is 1. The highest BCUT2D eigenvalue weighted by Gasteiger charge is 2.15. The van der Waals surface area contributed by atoms with Crippen LogP contribution in [0.2, 0.25) is 0 Å². The summed E-state index contributed by atoms with van der Waals surface area (Å²) >= 11 is 0. The Bertz CT molecular complexity index is 948. The molecule has 0 radical (unpaired) electrons. The van der Waals surface area contributed by atoms with Gasteiger partial charge in [0.2, 0.25) is 5.78 Å². The van der Waals surface area contributed by atoms with Crippen molar-refractivity contribution in [3.05, 3.63) is 65.7 Å². The monoisotopic (exact) mass is 294 g/mol. The zero-order valence-electron chi connectivity index (χ0n) is 11.4. The number of aromatic amines is 2. The Kier molecular flexibility index (Phi) is 2.56. The van der Waals surface area contributed by atoms with Crippen LogP contribution in [0.15, 0.2) is 48.5 Å². The number of nitrogens with one attached hydrogen (secondary N) is 2. The number of benzene rings is 2. The molecule has 108 valence electrons. The minimum atomic E-state index is -0.352. The molecule has 2 aromatic carbocycles.